The summed E-state index contributed by atoms with van der Waals surface area (Å²) in [6.45, 7) is 12.8. The van der Waals surface area contributed by atoms with Gasteiger partial charge < -0.3 is 4.18 Å². The molecule has 2 rings (SSSR count). The number of benzene rings is 1. The molecule has 188 valence electrons. The van der Waals surface area contributed by atoms with Gasteiger partial charge in [-0.05, 0) is 76.3 Å². The Morgan fingerprint density at radius 1 is 1.09 bits per heavy atom. The van der Waals surface area contributed by atoms with Gasteiger partial charge in [-0.25, -0.2) is 13.1 Å². The summed E-state index contributed by atoms with van der Waals surface area (Å²) in [6, 6.07) is 2.88. The van der Waals surface area contributed by atoms with Crippen molar-refractivity contribution in [3.05, 3.63) is 46.2 Å². The standard InChI is InChI=1S/C24H34N2O6S2/c1-9-13-26-24(32-34(30,31)16(5)10-2)20(14-25-26)23(27)19-11-12-21(33(8,28)29)22(18(19)7)17(6)15(3)4/h11-12,14,16H,9-10,13H2,1-8H3. The van der Waals surface area contributed by atoms with E-state index in [1.807, 2.05) is 27.7 Å². The van der Waals surface area contributed by atoms with Crippen molar-refractivity contribution in [1.82, 2.24) is 9.78 Å². The van der Waals surface area contributed by atoms with E-state index in [1.165, 1.54) is 23.0 Å². The topological polar surface area (TPSA) is 112 Å². The number of nitrogens with zero attached hydrogens (tertiary/aromatic N) is 2. The lowest BCUT2D eigenvalue weighted by molar-refractivity contribution is 0.103. The summed E-state index contributed by atoms with van der Waals surface area (Å²) in [7, 11) is -7.54. The van der Waals surface area contributed by atoms with Gasteiger partial charge in [0, 0.05) is 18.4 Å². The predicted molar refractivity (Wildman–Crippen MR) is 133 cm³/mol. The zero-order chi connectivity index (χ0) is 26.0. The van der Waals surface area contributed by atoms with Gasteiger partial charge in [0.15, 0.2) is 15.6 Å². The Morgan fingerprint density at radius 2 is 1.71 bits per heavy atom. The highest BCUT2D eigenvalue weighted by atomic mass is 32.2. The minimum absolute atomic E-state index is 0.0105. The molecule has 0 aliphatic heterocycles. The highest BCUT2D eigenvalue weighted by molar-refractivity contribution is 7.90. The van der Waals surface area contributed by atoms with Crippen LogP contribution in [0.2, 0.25) is 0 Å². The first-order valence-electron chi connectivity index (χ1n) is 11.2. The normalized spacial score (nSPS) is 12.9. The molecule has 1 heterocycles. The van der Waals surface area contributed by atoms with Gasteiger partial charge in [-0.15, -0.1) is 0 Å². The van der Waals surface area contributed by atoms with Crippen molar-refractivity contribution in [3.63, 3.8) is 0 Å². The van der Waals surface area contributed by atoms with Crippen molar-refractivity contribution in [1.29, 1.82) is 0 Å². The zero-order valence-electron chi connectivity index (χ0n) is 21.1. The molecule has 1 unspecified atom stereocenters. The molecule has 0 aliphatic carbocycles. The summed E-state index contributed by atoms with van der Waals surface area (Å²) in [4.78, 5) is 13.8. The molecule has 0 amide bonds. The van der Waals surface area contributed by atoms with E-state index in [-0.39, 0.29) is 21.9 Å². The van der Waals surface area contributed by atoms with Gasteiger partial charge in [0.25, 0.3) is 0 Å². The minimum atomic E-state index is -3.98. The summed E-state index contributed by atoms with van der Waals surface area (Å²) in [5, 5.41) is 3.43. The fourth-order valence-electron chi connectivity index (χ4n) is 3.49. The Labute approximate surface area is 203 Å². The number of rotatable bonds is 10. The summed E-state index contributed by atoms with van der Waals surface area (Å²) in [5.74, 6) is -0.615. The Kier molecular flexibility index (Phi) is 8.53. The Hall–Kier alpha value is -2.46. The second kappa shape index (κ2) is 10.4. The van der Waals surface area contributed by atoms with Crippen LogP contribution in [0, 0.1) is 6.92 Å². The van der Waals surface area contributed by atoms with Crippen LogP contribution in [-0.4, -0.2) is 43.9 Å². The monoisotopic (exact) mass is 510 g/mol. The number of carbonyl (C=O) groups is 1. The van der Waals surface area contributed by atoms with E-state index in [2.05, 4.69) is 5.10 Å². The third-order valence-electron chi connectivity index (χ3n) is 5.93. The van der Waals surface area contributed by atoms with E-state index in [0.717, 1.165) is 17.4 Å². The minimum Gasteiger partial charge on any atom is -0.361 e. The number of hydrogen-bond acceptors (Lipinski definition) is 7. The van der Waals surface area contributed by atoms with Crippen LogP contribution in [0.25, 0.3) is 5.57 Å². The average molecular weight is 511 g/mol. The quantitative estimate of drug-likeness (QED) is 0.340. The summed E-state index contributed by atoms with van der Waals surface area (Å²) in [5.41, 5.74) is 2.90. The van der Waals surface area contributed by atoms with E-state index in [4.69, 9.17) is 4.18 Å². The molecule has 0 bridgehead atoms. The molecule has 10 heteroatoms. The number of aryl methyl sites for hydroxylation is 1. The second-order valence-corrected chi connectivity index (χ2v) is 12.7. The van der Waals surface area contributed by atoms with Gasteiger partial charge in [-0.1, -0.05) is 19.4 Å². The number of aromatic nitrogens is 2. The van der Waals surface area contributed by atoms with Crippen LogP contribution in [0.1, 0.15) is 81.4 Å². The van der Waals surface area contributed by atoms with Crippen LogP contribution < -0.4 is 4.18 Å². The molecule has 0 N–H and O–H groups in total. The first-order valence-corrected chi connectivity index (χ1v) is 14.5. The number of hydrogen-bond donors (Lipinski definition) is 0. The van der Waals surface area contributed by atoms with Gasteiger partial charge >= 0.3 is 10.1 Å². The van der Waals surface area contributed by atoms with Gasteiger partial charge in [0.1, 0.15) is 5.56 Å². The molecule has 0 saturated carbocycles. The third kappa shape index (κ3) is 5.60. The maximum Gasteiger partial charge on any atom is 0.313 e. The SMILES string of the molecule is CCCn1ncc(C(=O)c2ccc(S(C)(=O)=O)c(C(C)=C(C)C)c2C)c1OS(=O)(=O)C(C)CC. The van der Waals surface area contributed by atoms with Gasteiger partial charge in [-0.2, -0.15) is 13.5 Å². The Morgan fingerprint density at radius 3 is 2.21 bits per heavy atom. The van der Waals surface area contributed by atoms with Crippen LogP contribution in [-0.2, 0) is 26.5 Å². The van der Waals surface area contributed by atoms with Crippen molar-refractivity contribution in [3.8, 4) is 5.88 Å². The molecular formula is C24H34N2O6S2. The van der Waals surface area contributed by atoms with Crippen molar-refractivity contribution >= 4 is 31.3 Å². The van der Waals surface area contributed by atoms with Crippen LogP contribution in [0.5, 0.6) is 5.88 Å². The van der Waals surface area contributed by atoms with Gasteiger partial charge in [0.05, 0.1) is 16.3 Å². The van der Waals surface area contributed by atoms with Crippen LogP contribution in [0.4, 0.5) is 0 Å². The fourth-order valence-corrected chi connectivity index (χ4v) is 5.45. The third-order valence-corrected chi connectivity index (χ3v) is 8.78. The van der Waals surface area contributed by atoms with Crippen molar-refractivity contribution < 1.29 is 25.8 Å². The van der Waals surface area contributed by atoms with Gasteiger partial charge in [-0.3, -0.25) is 4.79 Å². The molecule has 8 nitrogen and oxygen atoms in total. The molecular weight excluding hydrogens is 476 g/mol. The highest BCUT2D eigenvalue weighted by Gasteiger charge is 2.30. The van der Waals surface area contributed by atoms with Gasteiger partial charge in [0.2, 0.25) is 5.88 Å². The zero-order valence-corrected chi connectivity index (χ0v) is 22.7. The molecule has 0 saturated heterocycles. The lowest BCUT2D eigenvalue weighted by atomic mass is 9.91. The van der Waals surface area contributed by atoms with Crippen LogP contribution in [0.15, 0.2) is 28.8 Å². The van der Waals surface area contributed by atoms with Crippen LogP contribution >= 0.6 is 0 Å². The predicted octanol–water partition coefficient (Wildman–Crippen LogP) is 4.56. The number of ketones is 1. The maximum absolute atomic E-state index is 13.6. The van der Waals surface area contributed by atoms with Crippen molar-refractivity contribution in [2.24, 2.45) is 0 Å². The molecule has 0 aliphatic rings. The fraction of sp³-hybridized carbons (Fsp3) is 0.500. The number of allylic oxidation sites excluding steroid dienone is 2. The van der Waals surface area contributed by atoms with E-state index in [0.29, 0.717) is 30.5 Å². The first kappa shape index (κ1) is 27.8. The van der Waals surface area contributed by atoms with Crippen LogP contribution in [0.3, 0.4) is 0 Å². The Balaban J connectivity index is 2.76. The molecule has 1 aromatic carbocycles. The summed E-state index contributed by atoms with van der Waals surface area (Å²) < 4.78 is 57.1. The number of carbonyl (C=O) groups excluding carboxylic acids is 1. The second-order valence-electron chi connectivity index (χ2n) is 8.72. The maximum atomic E-state index is 13.6. The molecule has 1 aromatic heterocycles. The van der Waals surface area contributed by atoms with Crippen molar-refractivity contribution in [2.45, 2.75) is 78.0 Å². The van der Waals surface area contributed by atoms with E-state index in [9.17, 15) is 21.6 Å². The van der Waals surface area contributed by atoms with E-state index >= 15 is 0 Å². The summed E-state index contributed by atoms with van der Waals surface area (Å²) >= 11 is 0. The lowest BCUT2D eigenvalue weighted by Gasteiger charge is -2.17. The molecule has 0 radical (unpaired) electrons. The highest BCUT2D eigenvalue weighted by Crippen LogP contribution is 2.33. The smallest absolute Gasteiger partial charge is 0.313 e. The molecule has 2 aromatic rings. The Bertz CT molecular complexity index is 1330. The molecule has 0 fully saturated rings. The number of sulfone groups is 1. The largest absolute Gasteiger partial charge is 0.361 e. The first-order chi connectivity index (χ1) is 15.7. The lowest BCUT2D eigenvalue weighted by Crippen LogP contribution is -2.24. The molecule has 0 spiro atoms. The average Bonchev–Trinajstić information content (AvgIpc) is 3.12. The molecule has 34 heavy (non-hydrogen) atoms. The van der Waals surface area contributed by atoms with E-state index < -0.39 is 31.0 Å². The van der Waals surface area contributed by atoms with E-state index in [1.54, 1.807) is 20.8 Å². The molecule has 1 atom stereocenters. The van der Waals surface area contributed by atoms with Crippen molar-refractivity contribution in [2.75, 3.05) is 6.26 Å². The summed E-state index contributed by atoms with van der Waals surface area (Å²) in [6.07, 6.45) is 3.44.